The smallest absolute Gasteiger partial charge is 0.404 e. The molecule has 6 nitrogen and oxygen atoms in total. The molecule has 0 spiro atoms. The van der Waals surface area contributed by atoms with E-state index in [1.54, 1.807) is 6.92 Å². The van der Waals surface area contributed by atoms with Gasteiger partial charge in [0.15, 0.2) is 0 Å². The van der Waals surface area contributed by atoms with Gasteiger partial charge in [-0.25, -0.2) is 17.9 Å². The van der Waals surface area contributed by atoms with Crippen molar-refractivity contribution in [3.63, 3.8) is 0 Å². The molecule has 78 valence electrons. The topological polar surface area (TPSA) is 98.5 Å². The number of hydrogen-bond donors (Lipinski definition) is 2. The van der Waals surface area contributed by atoms with Crippen molar-refractivity contribution in [1.82, 2.24) is 4.72 Å². The van der Waals surface area contributed by atoms with Crippen molar-refractivity contribution in [2.24, 2.45) is 5.73 Å². The molecule has 0 aliphatic carbocycles. The molecule has 0 aromatic carbocycles. The average molecular weight is 210 g/mol. The molecular weight excluding hydrogens is 196 g/mol. The van der Waals surface area contributed by atoms with Gasteiger partial charge in [0.2, 0.25) is 10.0 Å². The molecule has 0 aromatic heterocycles. The first-order valence-electron chi connectivity index (χ1n) is 3.87. The molecule has 0 unspecified atom stereocenters. The van der Waals surface area contributed by atoms with Crippen LogP contribution in [0.2, 0.25) is 0 Å². The Balaban J connectivity index is 3.58. The van der Waals surface area contributed by atoms with Gasteiger partial charge in [-0.1, -0.05) is 6.92 Å². The van der Waals surface area contributed by atoms with Crippen LogP contribution in [0.1, 0.15) is 13.3 Å². The van der Waals surface area contributed by atoms with Gasteiger partial charge in [-0.15, -0.1) is 0 Å². The SMILES string of the molecule is CCCS(=O)(=O)NCCOC(N)=O. The van der Waals surface area contributed by atoms with Crippen molar-refractivity contribution in [3.05, 3.63) is 0 Å². The largest absolute Gasteiger partial charge is 0.448 e. The lowest BCUT2D eigenvalue weighted by Crippen LogP contribution is -2.30. The Labute approximate surface area is 77.5 Å². The highest BCUT2D eigenvalue weighted by Crippen LogP contribution is 1.87. The quantitative estimate of drug-likeness (QED) is 0.572. The van der Waals surface area contributed by atoms with Crippen LogP contribution >= 0.6 is 0 Å². The zero-order chi connectivity index (χ0) is 10.3. The lowest BCUT2D eigenvalue weighted by atomic mass is 10.6. The number of nitrogens with two attached hydrogens (primary N) is 1. The van der Waals surface area contributed by atoms with Crippen molar-refractivity contribution in [1.29, 1.82) is 0 Å². The Hall–Kier alpha value is -0.820. The number of rotatable bonds is 6. The van der Waals surface area contributed by atoms with Crippen LogP contribution in [0.5, 0.6) is 0 Å². The maximum atomic E-state index is 11.0. The van der Waals surface area contributed by atoms with Crippen LogP contribution in [0.15, 0.2) is 0 Å². The Morgan fingerprint density at radius 3 is 2.62 bits per heavy atom. The van der Waals surface area contributed by atoms with Gasteiger partial charge in [0.25, 0.3) is 0 Å². The van der Waals surface area contributed by atoms with E-state index in [0.717, 1.165) is 0 Å². The first-order valence-corrected chi connectivity index (χ1v) is 5.52. The monoisotopic (exact) mass is 210 g/mol. The molecule has 1 amide bonds. The predicted octanol–water partition coefficient (Wildman–Crippen LogP) is -0.589. The molecular formula is C6H14N2O4S. The highest BCUT2D eigenvalue weighted by Gasteiger charge is 2.06. The summed E-state index contributed by atoms with van der Waals surface area (Å²) in [5.41, 5.74) is 4.66. The van der Waals surface area contributed by atoms with E-state index in [0.29, 0.717) is 6.42 Å². The third kappa shape index (κ3) is 7.54. The second-order valence-corrected chi connectivity index (χ2v) is 4.31. The van der Waals surface area contributed by atoms with Gasteiger partial charge in [-0.05, 0) is 6.42 Å². The van der Waals surface area contributed by atoms with Gasteiger partial charge in [0.1, 0.15) is 6.61 Å². The Kier molecular flexibility index (Phi) is 5.40. The third-order valence-corrected chi connectivity index (χ3v) is 2.73. The lowest BCUT2D eigenvalue weighted by Gasteiger charge is -2.04. The minimum atomic E-state index is -3.21. The van der Waals surface area contributed by atoms with E-state index in [1.165, 1.54) is 0 Å². The fraction of sp³-hybridized carbons (Fsp3) is 0.833. The molecule has 0 fully saturated rings. The summed E-state index contributed by atoms with van der Waals surface area (Å²) in [7, 11) is -3.21. The fourth-order valence-electron chi connectivity index (χ4n) is 0.690. The van der Waals surface area contributed by atoms with Gasteiger partial charge in [-0.3, -0.25) is 0 Å². The van der Waals surface area contributed by atoms with Crippen LogP contribution in [0.4, 0.5) is 4.79 Å². The van der Waals surface area contributed by atoms with E-state index in [1.807, 2.05) is 0 Å². The van der Waals surface area contributed by atoms with Crippen LogP contribution in [-0.4, -0.2) is 33.4 Å². The number of primary amides is 1. The van der Waals surface area contributed by atoms with Crippen LogP contribution in [0.3, 0.4) is 0 Å². The number of nitrogens with one attached hydrogen (secondary N) is 1. The molecule has 0 heterocycles. The van der Waals surface area contributed by atoms with Crippen molar-refractivity contribution in [2.75, 3.05) is 18.9 Å². The zero-order valence-corrected chi connectivity index (χ0v) is 8.26. The first kappa shape index (κ1) is 12.2. The van der Waals surface area contributed by atoms with Crippen LogP contribution in [0.25, 0.3) is 0 Å². The number of hydrogen-bond acceptors (Lipinski definition) is 4. The van der Waals surface area contributed by atoms with Crippen molar-refractivity contribution >= 4 is 16.1 Å². The Bertz CT molecular complexity index is 249. The molecule has 0 atom stereocenters. The van der Waals surface area contributed by atoms with E-state index in [4.69, 9.17) is 0 Å². The van der Waals surface area contributed by atoms with Crippen molar-refractivity contribution in [3.8, 4) is 0 Å². The van der Waals surface area contributed by atoms with Gasteiger partial charge in [0, 0.05) is 6.54 Å². The van der Waals surface area contributed by atoms with E-state index in [-0.39, 0.29) is 18.9 Å². The predicted molar refractivity (Wildman–Crippen MR) is 47.6 cm³/mol. The Morgan fingerprint density at radius 2 is 2.15 bits per heavy atom. The highest BCUT2D eigenvalue weighted by atomic mass is 32.2. The maximum absolute atomic E-state index is 11.0. The lowest BCUT2D eigenvalue weighted by molar-refractivity contribution is 0.159. The maximum Gasteiger partial charge on any atom is 0.404 e. The number of carbonyl (C=O) groups excluding carboxylic acids is 1. The van der Waals surface area contributed by atoms with E-state index in [2.05, 4.69) is 15.2 Å². The van der Waals surface area contributed by atoms with Gasteiger partial charge in [-0.2, -0.15) is 0 Å². The molecule has 0 aromatic rings. The van der Waals surface area contributed by atoms with E-state index >= 15 is 0 Å². The van der Waals surface area contributed by atoms with Gasteiger partial charge < -0.3 is 10.5 Å². The number of carbonyl (C=O) groups is 1. The molecule has 0 saturated carbocycles. The summed E-state index contributed by atoms with van der Waals surface area (Å²) in [6.45, 7) is 1.78. The second kappa shape index (κ2) is 5.76. The Morgan fingerprint density at radius 1 is 1.54 bits per heavy atom. The highest BCUT2D eigenvalue weighted by molar-refractivity contribution is 7.89. The van der Waals surface area contributed by atoms with Crippen LogP contribution in [-0.2, 0) is 14.8 Å². The third-order valence-electron chi connectivity index (χ3n) is 1.14. The molecule has 0 rings (SSSR count). The van der Waals surface area contributed by atoms with Crippen molar-refractivity contribution < 1.29 is 17.9 Å². The molecule has 3 N–H and O–H groups in total. The van der Waals surface area contributed by atoms with Crippen molar-refractivity contribution in [2.45, 2.75) is 13.3 Å². The summed E-state index contributed by atoms with van der Waals surface area (Å²) >= 11 is 0. The molecule has 7 heteroatoms. The summed E-state index contributed by atoms with van der Waals surface area (Å²) in [5, 5.41) is 0. The summed E-state index contributed by atoms with van der Waals surface area (Å²) in [6, 6.07) is 0. The molecule has 0 saturated heterocycles. The molecule has 0 aliphatic rings. The summed E-state index contributed by atoms with van der Waals surface area (Å²) in [6.07, 6.45) is -0.360. The molecule has 13 heavy (non-hydrogen) atoms. The minimum Gasteiger partial charge on any atom is -0.448 e. The molecule has 0 aliphatic heterocycles. The summed E-state index contributed by atoms with van der Waals surface area (Å²) in [4.78, 5) is 10.1. The van der Waals surface area contributed by atoms with Crippen LogP contribution < -0.4 is 10.5 Å². The van der Waals surface area contributed by atoms with E-state index in [9.17, 15) is 13.2 Å². The molecule has 0 radical (unpaired) electrons. The number of sulfonamides is 1. The zero-order valence-electron chi connectivity index (χ0n) is 7.45. The minimum absolute atomic E-state index is 0.0434. The van der Waals surface area contributed by atoms with Gasteiger partial charge >= 0.3 is 6.09 Å². The first-order chi connectivity index (χ1) is 5.98. The average Bonchev–Trinajstić information content (AvgIpc) is 1.98. The van der Waals surface area contributed by atoms with E-state index < -0.39 is 16.1 Å². The van der Waals surface area contributed by atoms with Crippen LogP contribution in [0, 0.1) is 0 Å². The normalized spacial score (nSPS) is 11.2. The standard InChI is InChI=1S/C6H14N2O4S/c1-2-5-13(10,11)8-3-4-12-6(7)9/h8H,2-5H2,1H3,(H2,7,9). The summed E-state index contributed by atoms with van der Waals surface area (Å²) in [5.74, 6) is 0.0730. The van der Waals surface area contributed by atoms with Gasteiger partial charge in [0.05, 0.1) is 5.75 Å². The molecule has 0 bridgehead atoms. The summed E-state index contributed by atoms with van der Waals surface area (Å²) < 4.78 is 28.6. The number of ether oxygens (including phenoxy) is 1. The second-order valence-electron chi connectivity index (χ2n) is 2.38. The number of amides is 1. The fourth-order valence-corrected chi connectivity index (χ4v) is 1.77.